The molecular weight excluding hydrogens is 390 g/mol. The Morgan fingerprint density at radius 1 is 1.00 bits per heavy atom. The van der Waals surface area contributed by atoms with Crippen molar-refractivity contribution in [2.24, 2.45) is 7.05 Å². The van der Waals surface area contributed by atoms with Gasteiger partial charge >= 0.3 is 5.69 Å². The molecule has 0 spiro atoms. The van der Waals surface area contributed by atoms with E-state index >= 15 is 0 Å². The predicted octanol–water partition coefficient (Wildman–Crippen LogP) is 4.04. The van der Waals surface area contributed by atoms with Crippen molar-refractivity contribution < 1.29 is 4.74 Å². The number of hydrogen-bond acceptors (Lipinski definition) is 5. The van der Waals surface area contributed by atoms with Crippen LogP contribution in [0.3, 0.4) is 0 Å². The summed E-state index contributed by atoms with van der Waals surface area (Å²) in [5.74, 6) is 1.22. The van der Waals surface area contributed by atoms with Crippen molar-refractivity contribution in [1.82, 2.24) is 24.1 Å². The molecule has 0 unspecified atom stereocenters. The number of aryl methyl sites for hydroxylation is 2. The van der Waals surface area contributed by atoms with Crippen molar-refractivity contribution in [3.8, 4) is 22.8 Å². The molecule has 0 atom stereocenters. The van der Waals surface area contributed by atoms with Gasteiger partial charge in [0.2, 0.25) is 5.88 Å². The van der Waals surface area contributed by atoms with E-state index in [1.54, 1.807) is 34.8 Å². The standard InChI is InChI=1S/C24H21N5O2/c1-4-31-21-10-8-17(13-27-21)16-7-9-19-18(12-16)22-20(14-26-19)28(3)24(30)29(22)23-15(2)6-5-11-25-23/h5-14H,4H2,1-3H3. The first-order chi connectivity index (χ1) is 15.1. The number of benzene rings is 1. The minimum absolute atomic E-state index is 0.153. The molecule has 0 saturated heterocycles. The highest BCUT2D eigenvalue weighted by Crippen LogP contribution is 2.30. The van der Waals surface area contributed by atoms with Crippen LogP contribution in [0.2, 0.25) is 0 Å². The Labute approximate surface area is 178 Å². The van der Waals surface area contributed by atoms with Gasteiger partial charge in [0.15, 0.2) is 0 Å². The topological polar surface area (TPSA) is 74.8 Å². The molecular formula is C24H21N5O2. The average molecular weight is 411 g/mol. The highest BCUT2D eigenvalue weighted by molar-refractivity contribution is 6.04. The van der Waals surface area contributed by atoms with Crippen LogP contribution < -0.4 is 10.4 Å². The van der Waals surface area contributed by atoms with E-state index in [0.717, 1.165) is 38.6 Å². The van der Waals surface area contributed by atoms with Gasteiger partial charge in [-0.3, -0.25) is 9.55 Å². The molecule has 0 aliphatic rings. The van der Waals surface area contributed by atoms with Gasteiger partial charge < -0.3 is 4.74 Å². The van der Waals surface area contributed by atoms with Crippen LogP contribution in [0.25, 0.3) is 38.9 Å². The second-order valence-corrected chi connectivity index (χ2v) is 7.36. The smallest absolute Gasteiger partial charge is 0.334 e. The Morgan fingerprint density at radius 2 is 1.84 bits per heavy atom. The molecule has 7 nitrogen and oxygen atoms in total. The van der Waals surface area contributed by atoms with Crippen LogP contribution >= 0.6 is 0 Å². The Kier molecular flexibility index (Phi) is 4.51. The maximum absolute atomic E-state index is 13.2. The van der Waals surface area contributed by atoms with Gasteiger partial charge in [0.25, 0.3) is 0 Å². The molecule has 0 aliphatic carbocycles. The third-order valence-corrected chi connectivity index (χ3v) is 5.44. The Morgan fingerprint density at radius 3 is 2.58 bits per heavy atom. The third kappa shape index (κ3) is 3.06. The minimum Gasteiger partial charge on any atom is -0.478 e. The van der Waals surface area contributed by atoms with Crippen molar-refractivity contribution in [2.75, 3.05) is 6.61 Å². The zero-order chi connectivity index (χ0) is 21.5. The molecule has 4 heterocycles. The van der Waals surface area contributed by atoms with E-state index in [4.69, 9.17) is 4.74 Å². The number of hydrogen-bond donors (Lipinski definition) is 0. The number of aromatic nitrogens is 5. The number of imidazole rings is 1. The molecule has 0 saturated carbocycles. The molecule has 4 aromatic heterocycles. The van der Waals surface area contributed by atoms with Crippen molar-refractivity contribution in [3.05, 3.63) is 77.1 Å². The lowest BCUT2D eigenvalue weighted by Gasteiger charge is -2.09. The molecule has 31 heavy (non-hydrogen) atoms. The summed E-state index contributed by atoms with van der Waals surface area (Å²) in [6.45, 7) is 4.46. The summed E-state index contributed by atoms with van der Waals surface area (Å²) in [6, 6.07) is 13.7. The molecule has 0 amide bonds. The molecule has 154 valence electrons. The normalized spacial score (nSPS) is 11.3. The zero-order valence-corrected chi connectivity index (χ0v) is 17.5. The highest BCUT2D eigenvalue weighted by atomic mass is 16.5. The second kappa shape index (κ2) is 7.36. The summed E-state index contributed by atoms with van der Waals surface area (Å²) in [4.78, 5) is 26.6. The quantitative estimate of drug-likeness (QED) is 0.446. The van der Waals surface area contributed by atoms with Crippen molar-refractivity contribution in [1.29, 1.82) is 0 Å². The molecule has 0 N–H and O–H groups in total. The molecule has 5 rings (SSSR count). The Balaban J connectivity index is 1.79. The molecule has 5 aromatic rings. The molecule has 0 aliphatic heterocycles. The largest absolute Gasteiger partial charge is 0.478 e. The van der Waals surface area contributed by atoms with Crippen LogP contribution in [0.15, 0.2) is 65.8 Å². The molecule has 0 bridgehead atoms. The monoisotopic (exact) mass is 411 g/mol. The summed E-state index contributed by atoms with van der Waals surface area (Å²) < 4.78 is 8.74. The van der Waals surface area contributed by atoms with Crippen LogP contribution in [0.1, 0.15) is 12.5 Å². The van der Waals surface area contributed by atoms with Crippen LogP contribution in [0.4, 0.5) is 0 Å². The third-order valence-electron chi connectivity index (χ3n) is 5.44. The predicted molar refractivity (Wildman–Crippen MR) is 121 cm³/mol. The number of ether oxygens (including phenoxy) is 1. The fourth-order valence-corrected chi connectivity index (χ4v) is 3.87. The fourth-order valence-electron chi connectivity index (χ4n) is 3.87. The maximum atomic E-state index is 13.2. The van der Waals surface area contributed by atoms with Gasteiger partial charge in [-0.25, -0.2) is 19.3 Å². The van der Waals surface area contributed by atoms with Crippen LogP contribution in [-0.4, -0.2) is 30.7 Å². The van der Waals surface area contributed by atoms with Crippen molar-refractivity contribution in [2.45, 2.75) is 13.8 Å². The lowest BCUT2D eigenvalue weighted by atomic mass is 10.0. The van der Waals surface area contributed by atoms with Crippen molar-refractivity contribution >= 4 is 21.9 Å². The van der Waals surface area contributed by atoms with E-state index in [1.807, 2.05) is 50.2 Å². The first-order valence-electron chi connectivity index (χ1n) is 10.1. The number of pyridine rings is 3. The highest BCUT2D eigenvalue weighted by Gasteiger charge is 2.18. The van der Waals surface area contributed by atoms with Crippen LogP contribution in [0.5, 0.6) is 5.88 Å². The fraction of sp³-hybridized carbons (Fsp3) is 0.167. The van der Waals surface area contributed by atoms with Gasteiger partial charge in [0.1, 0.15) is 5.82 Å². The van der Waals surface area contributed by atoms with Gasteiger partial charge in [0.05, 0.1) is 29.4 Å². The second-order valence-electron chi connectivity index (χ2n) is 7.36. The molecule has 7 heteroatoms. The van der Waals surface area contributed by atoms with E-state index in [0.29, 0.717) is 18.3 Å². The van der Waals surface area contributed by atoms with Gasteiger partial charge in [-0.05, 0) is 49.2 Å². The lowest BCUT2D eigenvalue weighted by Crippen LogP contribution is -2.22. The number of fused-ring (bicyclic) bond motifs is 3. The molecule has 0 radical (unpaired) electrons. The lowest BCUT2D eigenvalue weighted by molar-refractivity contribution is 0.327. The van der Waals surface area contributed by atoms with E-state index in [1.165, 1.54) is 0 Å². The summed E-state index contributed by atoms with van der Waals surface area (Å²) >= 11 is 0. The molecule has 0 fully saturated rings. The van der Waals surface area contributed by atoms with Crippen LogP contribution in [-0.2, 0) is 7.05 Å². The first-order valence-corrected chi connectivity index (χ1v) is 10.1. The van der Waals surface area contributed by atoms with Gasteiger partial charge in [-0.1, -0.05) is 12.1 Å². The van der Waals surface area contributed by atoms with E-state index in [-0.39, 0.29) is 5.69 Å². The average Bonchev–Trinajstić information content (AvgIpc) is 3.05. The number of rotatable bonds is 4. The van der Waals surface area contributed by atoms with E-state index < -0.39 is 0 Å². The van der Waals surface area contributed by atoms with Gasteiger partial charge in [0, 0.05) is 36.5 Å². The SMILES string of the molecule is CCOc1ccc(-c2ccc3ncc4c(c3c2)n(-c2ncccc2C)c(=O)n4C)cn1. The minimum atomic E-state index is -0.153. The zero-order valence-electron chi connectivity index (χ0n) is 17.5. The molecule has 1 aromatic carbocycles. The van der Waals surface area contributed by atoms with Crippen molar-refractivity contribution in [3.63, 3.8) is 0 Å². The Hall–Kier alpha value is -4.00. The summed E-state index contributed by atoms with van der Waals surface area (Å²) in [5, 5.41) is 0.881. The van der Waals surface area contributed by atoms with E-state index in [2.05, 4.69) is 21.0 Å². The summed E-state index contributed by atoms with van der Waals surface area (Å²) in [5.41, 5.74) is 5.07. The van der Waals surface area contributed by atoms with Gasteiger partial charge in [-0.2, -0.15) is 0 Å². The van der Waals surface area contributed by atoms with Gasteiger partial charge in [-0.15, -0.1) is 0 Å². The maximum Gasteiger partial charge on any atom is 0.334 e. The Bertz CT molecular complexity index is 1480. The number of nitrogens with zero attached hydrogens (tertiary/aromatic N) is 5. The van der Waals surface area contributed by atoms with E-state index in [9.17, 15) is 4.79 Å². The first kappa shape index (κ1) is 19.0. The summed E-state index contributed by atoms with van der Waals surface area (Å²) in [7, 11) is 1.76. The van der Waals surface area contributed by atoms with Crippen LogP contribution in [0, 0.1) is 6.92 Å². The summed E-state index contributed by atoms with van der Waals surface area (Å²) in [6.07, 6.45) is 5.24.